The Morgan fingerprint density at radius 1 is 0.963 bits per heavy atom. The van der Waals surface area contributed by atoms with Crippen molar-refractivity contribution in [3.63, 3.8) is 0 Å². The van der Waals surface area contributed by atoms with Gasteiger partial charge in [-0.2, -0.15) is 0 Å². The van der Waals surface area contributed by atoms with E-state index >= 15 is 0 Å². The Morgan fingerprint density at radius 3 is 2.30 bits per heavy atom. The summed E-state index contributed by atoms with van der Waals surface area (Å²) in [6, 6.07) is 16.7. The van der Waals surface area contributed by atoms with E-state index in [1.807, 2.05) is 0 Å². The zero-order chi connectivity index (χ0) is 19.4. The van der Waals surface area contributed by atoms with E-state index < -0.39 is 6.10 Å². The zero-order valence-electron chi connectivity index (χ0n) is 14.1. The van der Waals surface area contributed by atoms with E-state index in [-0.39, 0.29) is 17.0 Å². The number of benzene rings is 2. The Balaban J connectivity index is 2.17. The van der Waals surface area contributed by atoms with Crippen LogP contribution in [0.25, 0.3) is 5.76 Å². The molecule has 0 aliphatic rings. The lowest BCUT2D eigenvalue weighted by Crippen LogP contribution is -2.15. The predicted octanol–water partition coefficient (Wildman–Crippen LogP) is 5.46. The van der Waals surface area contributed by atoms with Crippen LogP contribution in [0.4, 0.5) is 0 Å². The van der Waals surface area contributed by atoms with Gasteiger partial charge in [-0.25, -0.2) is 0 Å². The summed E-state index contributed by atoms with van der Waals surface area (Å²) in [5, 5.41) is 31.3. The molecule has 3 rings (SSSR count). The van der Waals surface area contributed by atoms with Gasteiger partial charge in [-0.1, -0.05) is 53.5 Å². The molecule has 6 heteroatoms. The van der Waals surface area contributed by atoms with Gasteiger partial charge < -0.3 is 10.2 Å². The number of nitrogens with one attached hydrogen (secondary N) is 1. The Kier molecular flexibility index (Phi) is 5.91. The maximum atomic E-state index is 10.9. The summed E-state index contributed by atoms with van der Waals surface area (Å²) in [4.78, 5) is 4.00. The van der Waals surface area contributed by atoms with Gasteiger partial charge in [0.2, 0.25) is 0 Å². The molecule has 136 valence electrons. The number of aromatic nitrogens is 1. The van der Waals surface area contributed by atoms with Crippen molar-refractivity contribution in [2.45, 2.75) is 6.10 Å². The van der Waals surface area contributed by atoms with Crippen LogP contribution in [-0.4, -0.2) is 20.9 Å². The average molecular weight is 399 g/mol. The van der Waals surface area contributed by atoms with Crippen LogP contribution < -0.4 is 0 Å². The summed E-state index contributed by atoms with van der Waals surface area (Å²) in [7, 11) is 0. The summed E-state index contributed by atoms with van der Waals surface area (Å²) in [6.45, 7) is 0. The number of hydrogen-bond donors (Lipinski definition) is 3. The summed E-state index contributed by atoms with van der Waals surface area (Å²) < 4.78 is 0. The van der Waals surface area contributed by atoms with Crippen LogP contribution in [0.5, 0.6) is 0 Å². The summed E-state index contributed by atoms with van der Waals surface area (Å²) in [5.41, 5.74) is 1.26. The van der Waals surface area contributed by atoms with E-state index in [9.17, 15) is 10.2 Å². The molecule has 3 N–H and O–H groups in total. The Hall–Kier alpha value is -2.66. The second-order valence-electron chi connectivity index (χ2n) is 5.81. The molecule has 0 aliphatic heterocycles. The lowest BCUT2D eigenvalue weighted by Gasteiger charge is -2.19. The molecule has 0 bridgehead atoms. The minimum absolute atomic E-state index is 0.0263. The molecule has 0 spiro atoms. The van der Waals surface area contributed by atoms with Gasteiger partial charge in [-0.05, 0) is 30.3 Å². The number of hydrogen-bond acceptors (Lipinski definition) is 4. The van der Waals surface area contributed by atoms with Gasteiger partial charge in [-0.15, -0.1) is 0 Å². The minimum atomic E-state index is -1.27. The highest BCUT2D eigenvalue weighted by Gasteiger charge is 2.25. The van der Waals surface area contributed by atoms with Crippen LogP contribution in [0.2, 0.25) is 10.0 Å². The van der Waals surface area contributed by atoms with Crippen LogP contribution in [0, 0.1) is 5.41 Å². The highest BCUT2D eigenvalue weighted by molar-refractivity contribution is 6.32. The third-order valence-electron chi connectivity index (χ3n) is 4.06. The number of rotatable bonds is 5. The predicted molar refractivity (Wildman–Crippen MR) is 108 cm³/mol. The molecule has 0 radical (unpaired) electrons. The van der Waals surface area contributed by atoms with Crippen LogP contribution in [0.3, 0.4) is 0 Å². The molecule has 0 amide bonds. The number of aliphatic hydroxyl groups excluding tert-OH is 2. The lowest BCUT2D eigenvalue weighted by atomic mass is 9.91. The fourth-order valence-corrected chi connectivity index (χ4v) is 3.01. The van der Waals surface area contributed by atoms with E-state index in [0.717, 1.165) is 0 Å². The van der Waals surface area contributed by atoms with E-state index in [1.165, 1.54) is 6.20 Å². The van der Waals surface area contributed by atoms with Crippen molar-refractivity contribution < 1.29 is 10.2 Å². The van der Waals surface area contributed by atoms with Gasteiger partial charge in [0.05, 0.1) is 16.3 Å². The van der Waals surface area contributed by atoms with Gasteiger partial charge in [0, 0.05) is 34.1 Å². The fraction of sp³-hybridized carbons (Fsp3) is 0.0476. The Labute approximate surface area is 166 Å². The lowest BCUT2D eigenvalue weighted by molar-refractivity contribution is 0.219. The molecular weight excluding hydrogens is 383 g/mol. The van der Waals surface area contributed by atoms with Crippen LogP contribution in [0.1, 0.15) is 22.8 Å². The number of halogens is 2. The molecular formula is C21H16Cl2N2O2. The first-order valence-corrected chi connectivity index (χ1v) is 8.85. The topological polar surface area (TPSA) is 77.2 Å². The number of aliphatic hydroxyl groups is 2. The third-order valence-corrected chi connectivity index (χ3v) is 4.64. The van der Waals surface area contributed by atoms with Crippen LogP contribution >= 0.6 is 23.2 Å². The van der Waals surface area contributed by atoms with Crippen molar-refractivity contribution in [1.82, 2.24) is 4.98 Å². The Morgan fingerprint density at radius 2 is 1.67 bits per heavy atom. The molecule has 2 aromatic carbocycles. The molecule has 0 saturated carbocycles. The fourth-order valence-electron chi connectivity index (χ4n) is 2.66. The zero-order valence-corrected chi connectivity index (χ0v) is 15.6. The number of nitrogens with zero attached hydrogens (tertiary/aromatic N) is 1. The maximum absolute atomic E-state index is 10.9. The second-order valence-corrected chi connectivity index (χ2v) is 6.66. The first-order valence-electron chi connectivity index (χ1n) is 8.10. The number of pyridine rings is 1. The largest absolute Gasteiger partial charge is 0.507 e. The monoisotopic (exact) mass is 398 g/mol. The molecule has 0 saturated heterocycles. The van der Waals surface area contributed by atoms with Crippen LogP contribution in [0.15, 0.2) is 78.6 Å². The molecule has 27 heavy (non-hydrogen) atoms. The first kappa shape index (κ1) is 19.1. The average Bonchev–Trinajstić information content (AvgIpc) is 2.69. The van der Waals surface area contributed by atoms with Crippen molar-refractivity contribution in [3.05, 3.63) is 105 Å². The summed E-state index contributed by atoms with van der Waals surface area (Å²) in [6.07, 6.45) is 1.80. The third kappa shape index (κ3) is 4.19. The molecule has 3 aromatic rings. The summed E-state index contributed by atoms with van der Waals surface area (Å²) in [5.74, 6) is -0.267. The standard InChI is InChI=1S/C21H16Cl2N2O2/c22-15-9-7-13(8-10-15)19(24)18(20(26)14-4-3-11-25-12-14)21(27)16-5-1-2-6-17(16)23/h1-12,20,24,26-27H/b21-18+,24-19?. The van der Waals surface area contributed by atoms with E-state index in [2.05, 4.69) is 4.98 Å². The molecule has 4 nitrogen and oxygen atoms in total. The molecule has 1 atom stereocenters. The van der Waals surface area contributed by atoms with Gasteiger partial charge in [-0.3, -0.25) is 10.4 Å². The normalized spacial score (nSPS) is 13.0. The van der Waals surface area contributed by atoms with E-state index in [0.29, 0.717) is 26.7 Å². The van der Waals surface area contributed by atoms with Gasteiger partial charge >= 0.3 is 0 Å². The highest BCUT2D eigenvalue weighted by atomic mass is 35.5. The Bertz CT molecular complexity index is 987. The SMILES string of the molecule is N=C(/C(=C(\O)c1ccccc1Cl)C(O)c1cccnc1)c1ccc(Cl)cc1. The van der Waals surface area contributed by atoms with Crippen molar-refractivity contribution in [2.75, 3.05) is 0 Å². The van der Waals surface area contributed by atoms with Gasteiger partial charge in [0.15, 0.2) is 0 Å². The quantitative estimate of drug-likeness (QED) is 0.394. The van der Waals surface area contributed by atoms with E-state index in [1.54, 1.807) is 66.9 Å². The van der Waals surface area contributed by atoms with Crippen LogP contribution in [-0.2, 0) is 0 Å². The van der Waals surface area contributed by atoms with E-state index in [4.69, 9.17) is 28.6 Å². The second kappa shape index (κ2) is 8.35. The molecule has 1 aromatic heterocycles. The maximum Gasteiger partial charge on any atom is 0.132 e. The van der Waals surface area contributed by atoms with Crippen molar-refractivity contribution >= 4 is 34.7 Å². The molecule has 0 fully saturated rings. The van der Waals surface area contributed by atoms with Crippen molar-refractivity contribution in [1.29, 1.82) is 5.41 Å². The van der Waals surface area contributed by atoms with Gasteiger partial charge in [0.25, 0.3) is 0 Å². The minimum Gasteiger partial charge on any atom is -0.507 e. The van der Waals surface area contributed by atoms with Crippen molar-refractivity contribution in [3.8, 4) is 0 Å². The molecule has 1 heterocycles. The smallest absolute Gasteiger partial charge is 0.132 e. The van der Waals surface area contributed by atoms with Crippen molar-refractivity contribution in [2.24, 2.45) is 0 Å². The highest BCUT2D eigenvalue weighted by Crippen LogP contribution is 2.33. The first-order chi connectivity index (χ1) is 13.0. The van der Waals surface area contributed by atoms with Gasteiger partial charge in [0.1, 0.15) is 11.9 Å². The molecule has 0 aliphatic carbocycles. The molecule has 1 unspecified atom stereocenters. The summed E-state index contributed by atoms with van der Waals surface area (Å²) >= 11 is 12.1.